The van der Waals surface area contributed by atoms with E-state index in [2.05, 4.69) is 55.6 Å². The minimum absolute atomic E-state index is 0.0475. The van der Waals surface area contributed by atoms with Gasteiger partial charge in [0.15, 0.2) is 0 Å². The van der Waals surface area contributed by atoms with Crippen LogP contribution in [-0.4, -0.2) is 47.4 Å². The molecule has 0 heterocycles. The molecule has 0 spiro atoms. The van der Waals surface area contributed by atoms with Crippen molar-refractivity contribution < 1.29 is 24.5 Å². The summed E-state index contributed by atoms with van der Waals surface area (Å²) in [7, 11) is 0. The van der Waals surface area contributed by atoms with Crippen LogP contribution in [0.3, 0.4) is 0 Å². The van der Waals surface area contributed by atoms with Gasteiger partial charge in [0.2, 0.25) is 5.91 Å². The summed E-state index contributed by atoms with van der Waals surface area (Å²) in [4.78, 5) is 24.4. The molecule has 2 atom stereocenters. The summed E-state index contributed by atoms with van der Waals surface area (Å²) in [5, 5.41) is 23.1. The zero-order chi connectivity index (χ0) is 47.2. The SMILES string of the molecule is CCCC/C=C\CCCCCCCC(=O)OCC/C=C\C/C=C\CCCCCCCCCCCCCCCCC(=O)NC(CO)C(O)/C=C/CCCCCCCCCCCCCCCC. The topological polar surface area (TPSA) is 95.9 Å². The second-order valence-electron chi connectivity index (χ2n) is 19.3. The van der Waals surface area contributed by atoms with Crippen LogP contribution in [0.2, 0.25) is 0 Å². The first kappa shape index (κ1) is 62.8. The monoisotopic (exact) mass is 912 g/mol. The van der Waals surface area contributed by atoms with Crippen LogP contribution in [-0.2, 0) is 14.3 Å². The average molecular weight is 913 g/mol. The molecule has 0 aromatic carbocycles. The van der Waals surface area contributed by atoms with Gasteiger partial charge in [-0.3, -0.25) is 9.59 Å². The number of nitrogens with one attached hydrogen (secondary N) is 1. The molecule has 380 valence electrons. The summed E-state index contributed by atoms with van der Waals surface area (Å²) in [6.07, 6.45) is 68.6. The molecule has 0 aliphatic carbocycles. The van der Waals surface area contributed by atoms with E-state index in [4.69, 9.17) is 4.74 Å². The van der Waals surface area contributed by atoms with Crippen molar-refractivity contribution in [3.05, 3.63) is 48.6 Å². The molecule has 0 aromatic rings. The van der Waals surface area contributed by atoms with Gasteiger partial charge in [0.25, 0.3) is 0 Å². The average Bonchev–Trinajstić information content (AvgIpc) is 3.31. The lowest BCUT2D eigenvalue weighted by molar-refractivity contribution is -0.143. The van der Waals surface area contributed by atoms with E-state index < -0.39 is 12.1 Å². The fraction of sp³-hybridized carbons (Fsp3) is 0.831. The number of esters is 1. The number of aliphatic hydroxyl groups excluding tert-OH is 2. The molecule has 6 heteroatoms. The second-order valence-corrected chi connectivity index (χ2v) is 19.3. The van der Waals surface area contributed by atoms with Crippen LogP contribution in [0.25, 0.3) is 0 Å². The Hall–Kier alpha value is -2.18. The van der Waals surface area contributed by atoms with Crippen molar-refractivity contribution in [1.29, 1.82) is 0 Å². The minimum Gasteiger partial charge on any atom is -0.465 e. The van der Waals surface area contributed by atoms with Crippen LogP contribution < -0.4 is 5.32 Å². The highest BCUT2D eigenvalue weighted by atomic mass is 16.5. The number of hydrogen-bond acceptors (Lipinski definition) is 5. The standard InChI is InChI=1S/C59H109NO5/c1-3-5-7-9-11-13-15-16-17-25-28-32-35-39-43-47-51-57(62)56(55-61)60-58(63)52-48-44-40-36-33-29-26-23-21-19-18-20-22-24-27-30-34-38-42-46-50-54-65-59(64)53-49-45-41-37-31-14-12-10-8-6-4-2/h10,12,30,34,42,46-47,51,56-57,61-62H,3-9,11,13-29,31-33,35-41,43-45,48-50,52-55H2,1-2H3,(H,60,63)/b12-10-,34-30-,46-42-,51-47+. The summed E-state index contributed by atoms with van der Waals surface area (Å²) < 4.78 is 5.39. The normalized spacial score (nSPS) is 13.0. The molecule has 0 bridgehead atoms. The molecule has 3 N–H and O–H groups in total. The first-order chi connectivity index (χ1) is 32.0. The van der Waals surface area contributed by atoms with Gasteiger partial charge in [0.1, 0.15) is 0 Å². The number of carbonyl (C=O) groups is 2. The quantitative estimate of drug-likeness (QED) is 0.0321. The molecule has 0 rings (SSSR count). The number of hydrogen-bond donors (Lipinski definition) is 3. The van der Waals surface area contributed by atoms with E-state index in [-0.39, 0.29) is 18.5 Å². The molecule has 0 radical (unpaired) electrons. The molecule has 0 saturated carbocycles. The molecule has 2 unspecified atom stereocenters. The molecule has 0 fully saturated rings. The van der Waals surface area contributed by atoms with Gasteiger partial charge in [0, 0.05) is 12.8 Å². The van der Waals surface area contributed by atoms with E-state index >= 15 is 0 Å². The Balaban J connectivity index is 3.50. The van der Waals surface area contributed by atoms with Gasteiger partial charge in [-0.1, -0.05) is 255 Å². The second kappa shape index (κ2) is 54.4. The first-order valence-electron chi connectivity index (χ1n) is 28.4. The predicted octanol–water partition coefficient (Wildman–Crippen LogP) is 17.4. The Labute approximate surface area is 404 Å². The number of amides is 1. The molecule has 0 saturated heterocycles. The van der Waals surface area contributed by atoms with Gasteiger partial charge in [-0.2, -0.15) is 0 Å². The van der Waals surface area contributed by atoms with E-state index in [9.17, 15) is 19.8 Å². The Morgan fingerprint density at radius 1 is 0.431 bits per heavy atom. The maximum atomic E-state index is 12.5. The zero-order valence-corrected chi connectivity index (χ0v) is 43.2. The Bertz CT molecular complexity index is 1100. The highest BCUT2D eigenvalue weighted by molar-refractivity contribution is 5.76. The third-order valence-electron chi connectivity index (χ3n) is 12.8. The lowest BCUT2D eigenvalue weighted by Crippen LogP contribution is -2.45. The van der Waals surface area contributed by atoms with Crippen LogP contribution in [0.15, 0.2) is 48.6 Å². The highest BCUT2D eigenvalue weighted by Crippen LogP contribution is 2.16. The van der Waals surface area contributed by atoms with Crippen LogP contribution in [0, 0.1) is 0 Å². The molecule has 65 heavy (non-hydrogen) atoms. The summed E-state index contributed by atoms with van der Waals surface area (Å²) in [6, 6.07) is -0.632. The van der Waals surface area contributed by atoms with Gasteiger partial charge in [-0.15, -0.1) is 0 Å². The van der Waals surface area contributed by atoms with Crippen molar-refractivity contribution in [3.8, 4) is 0 Å². The maximum Gasteiger partial charge on any atom is 0.305 e. The van der Waals surface area contributed by atoms with Crippen molar-refractivity contribution in [1.82, 2.24) is 5.32 Å². The van der Waals surface area contributed by atoms with Crippen LogP contribution in [0.5, 0.6) is 0 Å². The smallest absolute Gasteiger partial charge is 0.305 e. The van der Waals surface area contributed by atoms with E-state index in [1.807, 2.05) is 6.08 Å². The Morgan fingerprint density at radius 2 is 0.785 bits per heavy atom. The molecule has 0 aliphatic rings. The van der Waals surface area contributed by atoms with Gasteiger partial charge in [-0.25, -0.2) is 0 Å². The number of unbranched alkanes of at least 4 members (excludes halogenated alkanes) is 35. The number of rotatable bonds is 52. The van der Waals surface area contributed by atoms with Crippen LogP contribution in [0.4, 0.5) is 0 Å². The molecule has 0 aromatic heterocycles. The van der Waals surface area contributed by atoms with Crippen molar-refractivity contribution in [2.75, 3.05) is 13.2 Å². The predicted molar refractivity (Wildman–Crippen MR) is 282 cm³/mol. The Morgan fingerprint density at radius 3 is 1.23 bits per heavy atom. The van der Waals surface area contributed by atoms with E-state index in [0.717, 1.165) is 51.4 Å². The largest absolute Gasteiger partial charge is 0.465 e. The van der Waals surface area contributed by atoms with Crippen molar-refractivity contribution >= 4 is 11.9 Å². The summed E-state index contributed by atoms with van der Waals surface area (Å²) in [5.74, 6) is -0.120. The van der Waals surface area contributed by atoms with Crippen molar-refractivity contribution in [2.24, 2.45) is 0 Å². The van der Waals surface area contributed by atoms with Gasteiger partial charge in [0.05, 0.1) is 25.4 Å². The molecular weight excluding hydrogens is 803 g/mol. The maximum absolute atomic E-state index is 12.5. The Kier molecular flexibility index (Phi) is 52.6. The summed E-state index contributed by atoms with van der Waals surface area (Å²) >= 11 is 0. The van der Waals surface area contributed by atoms with Gasteiger partial charge >= 0.3 is 5.97 Å². The number of ether oxygens (including phenoxy) is 1. The van der Waals surface area contributed by atoms with Gasteiger partial charge < -0.3 is 20.3 Å². The molecule has 0 aliphatic heterocycles. The van der Waals surface area contributed by atoms with Crippen LogP contribution in [0.1, 0.15) is 290 Å². The molecule has 1 amide bonds. The molecular formula is C59H109NO5. The lowest BCUT2D eigenvalue weighted by Gasteiger charge is -2.20. The van der Waals surface area contributed by atoms with Gasteiger partial charge in [-0.05, 0) is 70.6 Å². The highest BCUT2D eigenvalue weighted by Gasteiger charge is 2.18. The summed E-state index contributed by atoms with van der Waals surface area (Å²) in [6.45, 7) is 4.75. The van der Waals surface area contributed by atoms with Crippen molar-refractivity contribution in [3.63, 3.8) is 0 Å². The van der Waals surface area contributed by atoms with Crippen molar-refractivity contribution in [2.45, 2.75) is 302 Å². The fourth-order valence-corrected chi connectivity index (χ4v) is 8.45. The zero-order valence-electron chi connectivity index (χ0n) is 43.2. The third kappa shape index (κ3) is 51.1. The number of aliphatic hydroxyl groups is 2. The molecule has 6 nitrogen and oxygen atoms in total. The number of allylic oxidation sites excluding steroid dienone is 6. The number of carbonyl (C=O) groups excluding carboxylic acids is 2. The van der Waals surface area contributed by atoms with Crippen LogP contribution >= 0.6 is 0 Å². The lowest BCUT2D eigenvalue weighted by atomic mass is 10.0. The van der Waals surface area contributed by atoms with E-state index in [1.165, 1.54) is 212 Å². The van der Waals surface area contributed by atoms with E-state index in [1.54, 1.807) is 6.08 Å². The summed E-state index contributed by atoms with van der Waals surface area (Å²) in [5.41, 5.74) is 0. The first-order valence-corrected chi connectivity index (χ1v) is 28.4. The third-order valence-corrected chi connectivity index (χ3v) is 12.8. The fourth-order valence-electron chi connectivity index (χ4n) is 8.45. The van der Waals surface area contributed by atoms with E-state index in [0.29, 0.717) is 19.4 Å². The minimum atomic E-state index is -0.848.